The van der Waals surface area contributed by atoms with Crippen LogP contribution in [0.1, 0.15) is 30.4 Å². The van der Waals surface area contributed by atoms with Gasteiger partial charge in [0, 0.05) is 50.5 Å². The van der Waals surface area contributed by atoms with Crippen LogP contribution in [-0.4, -0.2) is 82.9 Å². The van der Waals surface area contributed by atoms with Gasteiger partial charge in [0.2, 0.25) is 5.78 Å². The van der Waals surface area contributed by atoms with Crippen LogP contribution in [0.15, 0.2) is 29.0 Å². The van der Waals surface area contributed by atoms with E-state index in [2.05, 4.69) is 5.32 Å². The van der Waals surface area contributed by atoms with Crippen LogP contribution in [-0.2, 0) is 25.5 Å². The number of aliphatic hydroxyl groups is 3. The molecule has 4 atom stereocenters. The fourth-order valence-corrected chi connectivity index (χ4v) is 6.39. The third-order valence-corrected chi connectivity index (χ3v) is 8.18. The topological polar surface area (TPSA) is 183 Å². The molecule has 1 aliphatic heterocycles. The second kappa shape index (κ2) is 8.86. The van der Waals surface area contributed by atoms with E-state index >= 15 is 0 Å². The maximum Gasteiger partial charge on any atom is 0.255 e. The number of nitrogens with two attached hydrogens (primary N) is 1. The number of carbonyl (C=O) groups excluding carboxylic acids is 3. The number of nitrogens with zero attached hydrogens (tertiary/aromatic N) is 1. The number of phenolic OH excluding ortho intramolecular Hbond substituents is 1. The van der Waals surface area contributed by atoms with Crippen molar-refractivity contribution in [3.63, 3.8) is 0 Å². The zero-order valence-corrected chi connectivity index (χ0v) is 20.7. The van der Waals surface area contributed by atoms with Crippen LogP contribution in [0.3, 0.4) is 0 Å². The minimum Gasteiger partial charge on any atom is -0.508 e. The van der Waals surface area contributed by atoms with Gasteiger partial charge in [-0.15, -0.1) is 0 Å². The van der Waals surface area contributed by atoms with Gasteiger partial charge in [-0.05, 0) is 49.3 Å². The first-order valence-electron chi connectivity index (χ1n) is 12.3. The number of aromatic hydroxyl groups is 1. The van der Waals surface area contributed by atoms with Gasteiger partial charge >= 0.3 is 0 Å². The molecular weight excluding hydrogens is 482 g/mol. The summed E-state index contributed by atoms with van der Waals surface area (Å²) in [7, 11) is 3.63. The molecule has 0 bridgehead atoms. The van der Waals surface area contributed by atoms with Crippen molar-refractivity contribution in [3.05, 3.63) is 40.2 Å². The van der Waals surface area contributed by atoms with Gasteiger partial charge in [-0.3, -0.25) is 14.4 Å². The normalized spacial score (nSPS) is 30.1. The molecular formula is C26H31N3O8. The quantitative estimate of drug-likeness (QED) is 0.305. The molecule has 4 unspecified atom stereocenters. The summed E-state index contributed by atoms with van der Waals surface area (Å²) in [4.78, 5) is 41.4. The lowest BCUT2D eigenvalue weighted by atomic mass is 9.57. The van der Waals surface area contributed by atoms with Crippen molar-refractivity contribution in [1.82, 2.24) is 5.32 Å². The van der Waals surface area contributed by atoms with Crippen molar-refractivity contribution in [2.45, 2.75) is 43.4 Å². The predicted octanol–water partition coefficient (Wildman–Crippen LogP) is 0.237. The van der Waals surface area contributed by atoms with Crippen molar-refractivity contribution >= 4 is 28.9 Å². The molecule has 37 heavy (non-hydrogen) atoms. The van der Waals surface area contributed by atoms with E-state index in [9.17, 15) is 34.8 Å². The lowest BCUT2D eigenvalue weighted by molar-refractivity contribution is -0.150. The molecule has 0 aromatic heterocycles. The van der Waals surface area contributed by atoms with Crippen LogP contribution in [0.2, 0.25) is 0 Å². The second-order valence-corrected chi connectivity index (χ2v) is 10.4. The van der Waals surface area contributed by atoms with Crippen LogP contribution < -0.4 is 16.0 Å². The molecule has 0 radical (unpaired) electrons. The Labute approximate surface area is 213 Å². The molecule has 1 aromatic carbocycles. The summed E-state index contributed by atoms with van der Waals surface area (Å²) in [6, 6.07) is 1.77. The molecule has 11 nitrogen and oxygen atoms in total. The largest absolute Gasteiger partial charge is 0.508 e. The van der Waals surface area contributed by atoms with Crippen molar-refractivity contribution < 1.29 is 39.5 Å². The van der Waals surface area contributed by atoms with Gasteiger partial charge in [0.15, 0.2) is 11.4 Å². The minimum absolute atomic E-state index is 0.0479. The summed E-state index contributed by atoms with van der Waals surface area (Å²) < 4.78 is 5.38. The van der Waals surface area contributed by atoms with Gasteiger partial charge < -0.3 is 41.1 Å². The highest BCUT2D eigenvalue weighted by Crippen LogP contribution is 2.53. The fourth-order valence-electron chi connectivity index (χ4n) is 6.39. The minimum atomic E-state index is -2.66. The molecule has 3 aliphatic carbocycles. The average molecular weight is 514 g/mol. The SMILES string of the molecule is CN(C)c1ccc(O)c2c1CC1CC3C(NC4CCOCC4)C(=O)C(C(N)=O)=C(O)C3(O)C(=O)C1=C2O. The van der Waals surface area contributed by atoms with E-state index in [4.69, 9.17) is 10.5 Å². The van der Waals surface area contributed by atoms with E-state index in [1.54, 1.807) is 6.07 Å². The van der Waals surface area contributed by atoms with E-state index in [0.717, 1.165) is 5.69 Å². The van der Waals surface area contributed by atoms with Crippen LogP contribution in [0.4, 0.5) is 5.69 Å². The lowest BCUT2D eigenvalue weighted by Crippen LogP contribution is -2.67. The maximum atomic E-state index is 13.9. The number of anilines is 1. The van der Waals surface area contributed by atoms with Crippen molar-refractivity contribution in [2.24, 2.45) is 17.6 Å². The number of primary amides is 1. The van der Waals surface area contributed by atoms with Gasteiger partial charge in [0.05, 0.1) is 11.6 Å². The summed E-state index contributed by atoms with van der Waals surface area (Å²) in [5.41, 5.74) is 3.21. The number of fused-ring (bicyclic) bond motifs is 3. The Balaban J connectivity index is 1.67. The molecule has 1 heterocycles. The molecule has 11 heteroatoms. The smallest absolute Gasteiger partial charge is 0.255 e. The summed E-state index contributed by atoms with van der Waals surface area (Å²) >= 11 is 0. The van der Waals surface area contributed by atoms with Gasteiger partial charge in [-0.25, -0.2) is 0 Å². The van der Waals surface area contributed by atoms with E-state index in [-0.39, 0.29) is 35.8 Å². The monoisotopic (exact) mass is 513 g/mol. The standard InChI is InChI=1S/C26H31N3O8/c1-29(2)15-3-4-16(30)18-13(15)9-11-10-14-20(28-12-5-7-37-8-6-12)22(32)19(25(27)35)24(34)26(14,36)23(33)17(11)21(18)31/h3-4,11-12,14,20,28,30-31,34,36H,5-10H2,1-2H3,(H2,27,35). The van der Waals surface area contributed by atoms with Crippen LogP contribution >= 0.6 is 0 Å². The third kappa shape index (κ3) is 3.64. The first-order chi connectivity index (χ1) is 17.5. The Hall–Kier alpha value is -3.41. The molecule has 0 spiro atoms. The Morgan fingerprint density at radius 3 is 2.46 bits per heavy atom. The third-order valence-electron chi connectivity index (χ3n) is 8.18. The van der Waals surface area contributed by atoms with E-state index in [1.165, 1.54) is 6.07 Å². The van der Waals surface area contributed by atoms with Gasteiger partial charge in [0.25, 0.3) is 5.91 Å². The Morgan fingerprint density at radius 2 is 1.84 bits per heavy atom. The number of benzene rings is 1. The zero-order valence-electron chi connectivity index (χ0n) is 20.7. The van der Waals surface area contributed by atoms with Gasteiger partial charge in [-0.2, -0.15) is 0 Å². The molecule has 1 saturated heterocycles. The molecule has 2 fully saturated rings. The molecule has 1 saturated carbocycles. The predicted molar refractivity (Wildman–Crippen MR) is 132 cm³/mol. The number of ketones is 2. The number of Topliss-reactive ketones (excluding diaryl/α,β-unsaturated/α-hetero) is 2. The number of rotatable bonds is 4. The Bertz CT molecular complexity index is 1260. The number of carbonyl (C=O) groups is 3. The van der Waals surface area contributed by atoms with E-state index in [1.807, 2.05) is 19.0 Å². The van der Waals surface area contributed by atoms with Crippen LogP contribution in [0, 0.1) is 11.8 Å². The molecule has 5 rings (SSSR count). The maximum absolute atomic E-state index is 13.9. The first kappa shape index (κ1) is 25.2. The first-order valence-corrected chi connectivity index (χ1v) is 12.3. The number of nitrogens with one attached hydrogen (secondary N) is 1. The summed E-state index contributed by atoms with van der Waals surface area (Å²) in [6.45, 7) is 0.931. The summed E-state index contributed by atoms with van der Waals surface area (Å²) in [6.07, 6.45) is 1.46. The van der Waals surface area contributed by atoms with Crippen molar-refractivity contribution in [2.75, 3.05) is 32.2 Å². The highest BCUT2D eigenvalue weighted by molar-refractivity contribution is 6.24. The van der Waals surface area contributed by atoms with E-state index < -0.39 is 58.0 Å². The molecule has 198 valence electrons. The Kier molecular flexibility index (Phi) is 6.05. The molecule has 4 aliphatic rings. The van der Waals surface area contributed by atoms with E-state index in [0.29, 0.717) is 31.6 Å². The summed E-state index contributed by atoms with van der Waals surface area (Å²) in [5.74, 6) is -6.62. The van der Waals surface area contributed by atoms with Gasteiger partial charge in [-0.1, -0.05) is 0 Å². The highest BCUT2D eigenvalue weighted by Gasteiger charge is 2.64. The van der Waals surface area contributed by atoms with Crippen LogP contribution in [0.25, 0.3) is 5.76 Å². The number of hydrogen-bond donors (Lipinski definition) is 6. The van der Waals surface area contributed by atoms with Crippen LogP contribution in [0.5, 0.6) is 5.75 Å². The number of phenols is 1. The van der Waals surface area contributed by atoms with Gasteiger partial charge in [0.1, 0.15) is 22.8 Å². The lowest BCUT2D eigenvalue weighted by Gasteiger charge is -2.49. The molecule has 1 amide bonds. The average Bonchev–Trinajstić information content (AvgIpc) is 2.84. The second-order valence-electron chi connectivity index (χ2n) is 10.4. The molecule has 1 aromatic rings. The van der Waals surface area contributed by atoms with Crippen molar-refractivity contribution in [3.8, 4) is 5.75 Å². The molecule has 7 N–H and O–H groups in total. The van der Waals surface area contributed by atoms with Crippen molar-refractivity contribution in [1.29, 1.82) is 0 Å². The Morgan fingerprint density at radius 1 is 1.16 bits per heavy atom. The number of hydrogen-bond acceptors (Lipinski definition) is 10. The number of aliphatic hydroxyl groups excluding tert-OH is 2. The zero-order chi connectivity index (χ0) is 26.8. The number of amides is 1. The highest BCUT2D eigenvalue weighted by atomic mass is 16.5. The summed E-state index contributed by atoms with van der Waals surface area (Å²) in [5, 5.41) is 47.8. The fraction of sp³-hybridized carbons (Fsp3) is 0.500. The number of ether oxygens (including phenoxy) is 1.